The summed E-state index contributed by atoms with van der Waals surface area (Å²) in [5.41, 5.74) is 0. The molecule has 0 aromatic rings. The van der Waals surface area contributed by atoms with Gasteiger partial charge in [0.05, 0.1) is 12.2 Å². The zero-order chi connectivity index (χ0) is 16.4. The summed E-state index contributed by atoms with van der Waals surface area (Å²) >= 11 is 0. The van der Waals surface area contributed by atoms with E-state index >= 15 is 0 Å². The molecule has 1 heteroatoms. The summed E-state index contributed by atoms with van der Waals surface area (Å²) in [6, 6.07) is 0. The van der Waals surface area contributed by atoms with Crippen LogP contribution in [0.25, 0.3) is 0 Å². The van der Waals surface area contributed by atoms with E-state index in [9.17, 15) is 0 Å². The van der Waals surface area contributed by atoms with Crippen molar-refractivity contribution in [1.82, 2.24) is 0 Å². The van der Waals surface area contributed by atoms with Crippen molar-refractivity contribution < 1.29 is 4.74 Å². The zero-order valence-electron chi connectivity index (χ0n) is 16.1. The molecule has 0 radical (unpaired) electrons. The lowest BCUT2D eigenvalue weighted by atomic mass is 9.91. The van der Waals surface area contributed by atoms with Crippen LogP contribution in [0, 0.1) is 23.7 Å². The van der Waals surface area contributed by atoms with Crippen molar-refractivity contribution in [2.75, 3.05) is 0 Å². The molecule has 128 valence electrons. The van der Waals surface area contributed by atoms with Crippen molar-refractivity contribution in [2.45, 2.75) is 106 Å². The van der Waals surface area contributed by atoms with Gasteiger partial charge in [-0.15, -0.1) is 0 Å². The highest BCUT2D eigenvalue weighted by molar-refractivity contribution is 4.73. The number of ether oxygens (including phenoxy) is 1. The van der Waals surface area contributed by atoms with E-state index in [4.69, 9.17) is 4.74 Å². The Morgan fingerprint density at radius 1 is 0.571 bits per heavy atom. The van der Waals surface area contributed by atoms with Gasteiger partial charge in [-0.2, -0.15) is 0 Å². The minimum atomic E-state index is 0.448. The van der Waals surface area contributed by atoms with Crippen LogP contribution in [0.3, 0.4) is 0 Å². The quantitative estimate of drug-likeness (QED) is 0.389. The molecule has 0 aromatic carbocycles. The summed E-state index contributed by atoms with van der Waals surface area (Å²) in [4.78, 5) is 0. The van der Waals surface area contributed by atoms with Crippen molar-refractivity contribution in [1.29, 1.82) is 0 Å². The molecule has 0 rings (SSSR count). The molecule has 0 aliphatic heterocycles. The highest BCUT2D eigenvalue weighted by Crippen LogP contribution is 2.26. The van der Waals surface area contributed by atoms with Crippen molar-refractivity contribution in [3.8, 4) is 0 Å². The lowest BCUT2D eigenvalue weighted by Gasteiger charge is -2.32. The Balaban J connectivity index is 4.67. The Morgan fingerprint density at radius 2 is 0.905 bits per heavy atom. The molecule has 4 unspecified atom stereocenters. The SMILES string of the molecule is CCC(C)C(CCC(C)C)OC(CCC(C)C)C(C)CC. The molecule has 0 aliphatic carbocycles. The summed E-state index contributed by atoms with van der Waals surface area (Å²) in [7, 11) is 0. The molecule has 0 aromatic heterocycles. The molecule has 21 heavy (non-hydrogen) atoms. The van der Waals surface area contributed by atoms with E-state index in [1.807, 2.05) is 0 Å². The summed E-state index contributed by atoms with van der Waals surface area (Å²) in [6.07, 6.45) is 8.36. The third kappa shape index (κ3) is 9.55. The van der Waals surface area contributed by atoms with Gasteiger partial charge in [0, 0.05) is 0 Å². The van der Waals surface area contributed by atoms with E-state index in [2.05, 4.69) is 55.4 Å². The average molecular weight is 299 g/mol. The summed E-state index contributed by atoms with van der Waals surface area (Å²) < 4.78 is 6.66. The maximum atomic E-state index is 6.66. The second kappa shape index (κ2) is 11.5. The van der Waals surface area contributed by atoms with Gasteiger partial charge in [-0.1, -0.05) is 68.2 Å². The van der Waals surface area contributed by atoms with Gasteiger partial charge in [-0.25, -0.2) is 0 Å². The largest absolute Gasteiger partial charge is 0.374 e. The predicted molar refractivity (Wildman–Crippen MR) is 95.7 cm³/mol. The van der Waals surface area contributed by atoms with Gasteiger partial charge in [0.15, 0.2) is 0 Å². The second-order valence-corrected chi connectivity index (χ2v) is 7.93. The first-order valence-corrected chi connectivity index (χ1v) is 9.47. The van der Waals surface area contributed by atoms with Crippen LogP contribution >= 0.6 is 0 Å². The van der Waals surface area contributed by atoms with Gasteiger partial charge >= 0.3 is 0 Å². The summed E-state index contributed by atoms with van der Waals surface area (Å²) in [5, 5.41) is 0. The fourth-order valence-corrected chi connectivity index (χ4v) is 2.72. The van der Waals surface area contributed by atoms with Gasteiger partial charge in [-0.05, 0) is 49.4 Å². The molecule has 0 saturated carbocycles. The van der Waals surface area contributed by atoms with E-state index in [1.165, 1.54) is 38.5 Å². The van der Waals surface area contributed by atoms with Gasteiger partial charge < -0.3 is 4.74 Å². The van der Waals surface area contributed by atoms with Crippen LogP contribution in [0.1, 0.15) is 93.9 Å². The van der Waals surface area contributed by atoms with Crippen LogP contribution in [0.15, 0.2) is 0 Å². The smallest absolute Gasteiger partial charge is 0.0604 e. The first kappa shape index (κ1) is 21.0. The lowest BCUT2D eigenvalue weighted by molar-refractivity contribution is -0.0741. The van der Waals surface area contributed by atoms with Crippen LogP contribution in [-0.4, -0.2) is 12.2 Å². The van der Waals surface area contributed by atoms with Crippen LogP contribution in [0.5, 0.6) is 0 Å². The van der Waals surface area contributed by atoms with Crippen LogP contribution in [-0.2, 0) is 4.74 Å². The first-order chi connectivity index (χ1) is 9.81. The summed E-state index contributed by atoms with van der Waals surface area (Å²) in [5.74, 6) is 2.90. The van der Waals surface area contributed by atoms with Gasteiger partial charge in [0.1, 0.15) is 0 Å². The molecule has 1 nitrogen and oxygen atoms in total. The lowest BCUT2D eigenvalue weighted by Crippen LogP contribution is -2.32. The third-order valence-electron chi connectivity index (χ3n) is 4.96. The van der Waals surface area contributed by atoms with E-state index in [-0.39, 0.29) is 0 Å². The number of hydrogen-bond donors (Lipinski definition) is 0. The number of hydrogen-bond acceptors (Lipinski definition) is 1. The zero-order valence-corrected chi connectivity index (χ0v) is 16.1. The maximum absolute atomic E-state index is 6.66. The van der Waals surface area contributed by atoms with Gasteiger partial charge in [0.25, 0.3) is 0 Å². The maximum Gasteiger partial charge on any atom is 0.0604 e. The number of rotatable bonds is 12. The fraction of sp³-hybridized carbons (Fsp3) is 1.00. The molecule has 4 atom stereocenters. The topological polar surface area (TPSA) is 9.23 Å². The Bertz CT molecular complexity index is 210. The monoisotopic (exact) mass is 298 g/mol. The Kier molecular flexibility index (Phi) is 11.5. The molecule has 0 heterocycles. The molecule has 0 spiro atoms. The van der Waals surface area contributed by atoms with Crippen LogP contribution < -0.4 is 0 Å². The Hall–Kier alpha value is -0.0400. The molecule has 0 amide bonds. The minimum absolute atomic E-state index is 0.448. The second-order valence-electron chi connectivity index (χ2n) is 7.93. The van der Waals surface area contributed by atoms with E-state index < -0.39 is 0 Å². The van der Waals surface area contributed by atoms with Gasteiger partial charge in [-0.3, -0.25) is 0 Å². The molecular weight excluding hydrogens is 256 g/mol. The molecule has 0 bridgehead atoms. The highest BCUT2D eigenvalue weighted by Gasteiger charge is 2.24. The summed E-state index contributed by atoms with van der Waals surface area (Å²) in [6.45, 7) is 18.6. The van der Waals surface area contributed by atoms with Crippen molar-refractivity contribution >= 4 is 0 Å². The highest BCUT2D eigenvalue weighted by atomic mass is 16.5. The molecule has 0 saturated heterocycles. The third-order valence-corrected chi connectivity index (χ3v) is 4.96. The Labute approximate surface area is 135 Å². The molecular formula is C20H42O. The van der Waals surface area contributed by atoms with Gasteiger partial charge in [0.2, 0.25) is 0 Å². The Morgan fingerprint density at radius 3 is 1.14 bits per heavy atom. The standard InChI is InChI=1S/C20H42O/c1-9-17(7)19(13-11-15(3)4)21-20(18(8)10-2)14-12-16(5)6/h15-20H,9-14H2,1-8H3. The first-order valence-electron chi connectivity index (χ1n) is 9.47. The van der Waals surface area contributed by atoms with Crippen molar-refractivity contribution in [2.24, 2.45) is 23.7 Å². The fourth-order valence-electron chi connectivity index (χ4n) is 2.72. The van der Waals surface area contributed by atoms with Crippen LogP contribution in [0.4, 0.5) is 0 Å². The average Bonchev–Trinajstić information content (AvgIpc) is 2.44. The van der Waals surface area contributed by atoms with E-state index in [1.54, 1.807) is 0 Å². The molecule has 0 aliphatic rings. The van der Waals surface area contributed by atoms with E-state index in [0.29, 0.717) is 24.0 Å². The van der Waals surface area contributed by atoms with Crippen molar-refractivity contribution in [3.63, 3.8) is 0 Å². The normalized spacial score (nSPS) is 18.0. The van der Waals surface area contributed by atoms with Crippen molar-refractivity contribution in [3.05, 3.63) is 0 Å². The molecule has 0 fully saturated rings. The molecule has 0 N–H and O–H groups in total. The predicted octanol–water partition coefficient (Wildman–Crippen LogP) is 6.70. The van der Waals surface area contributed by atoms with E-state index in [0.717, 1.165) is 11.8 Å². The minimum Gasteiger partial charge on any atom is -0.374 e. The van der Waals surface area contributed by atoms with Crippen LogP contribution in [0.2, 0.25) is 0 Å².